The highest BCUT2D eigenvalue weighted by molar-refractivity contribution is 5.74. The van der Waals surface area contributed by atoms with Gasteiger partial charge in [-0.1, -0.05) is 18.2 Å². The maximum atomic E-state index is 12.2. The highest BCUT2D eigenvalue weighted by atomic mass is 16.7. The third-order valence-electron chi connectivity index (χ3n) is 5.35. The molecule has 1 saturated heterocycles. The van der Waals surface area contributed by atoms with Gasteiger partial charge in [0.15, 0.2) is 11.5 Å². The van der Waals surface area contributed by atoms with Gasteiger partial charge in [0.25, 0.3) is 0 Å². The minimum absolute atomic E-state index is 0.123. The van der Waals surface area contributed by atoms with Gasteiger partial charge >= 0.3 is 6.03 Å². The second-order valence-electron chi connectivity index (χ2n) is 7.42. The summed E-state index contributed by atoms with van der Waals surface area (Å²) in [5.74, 6) is 2.43. The molecule has 2 aromatic carbocycles. The summed E-state index contributed by atoms with van der Waals surface area (Å²) >= 11 is 0. The van der Waals surface area contributed by atoms with Crippen molar-refractivity contribution in [3.05, 3.63) is 53.6 Å². The Morgan fingerprint density at radius 3 is 2.76 bits per heavy atom. The normalized spacial score (nSPS) is 16.4. The van der Waals surface area contributed by atoms with Gasteiger partial charge in [-0.25, -0.2) is 4.79 Å². The van der Waals surface area contributed by atoms with Crippen molar-refractivity contribution in [1.82, 2.24) is 15.5 Å². The predicted octanol–water partition coefficient (Wildman–Crippen LogP) is 2.89. The van der Waals surface area contributed by atoms with Crippen LogP contribution < -0.4 is 24.8 Å². The van der Waals surface area contributed by atoms with Gasteiger partial charge in [-0.15, -0.1) is 0 Å². The van der Waals surface area contributed by atoms with Gasteiger partial charge in [0, 0.05) is 32.2 Å². The number of carbonyl (C=O) groups excluding carboxylic acids is 1. The van der Waals surface area contributed by atoms with Crippen molar-refractivity contribution in [2.45, 2.75) is 32.0 Å². The number of urea groups is 1. The first-order valence-corrected chi connectivity index (χ1v) is 9.98. The number of benzene rings is 2. The molecule has 2 aliphatic rings. The first kappa shape index (κ1) is 19.4. The largest absolute Gasteiger partial charge is 0.497 e. The summed E-state index contributed by atoms with van der Waals surface area (Å²) in [5, 5.41) is 6.02. The number of ether oxygens (including phenoxy) is 3. The van der Waals surface area contributed by atoms with E-state index in [0.717, 1.165) is 55.3 Å². The molecule has 1 fully saturated rings. The fourth-order valence-electron chi connectivity index (χ4n) is 3.73. The molecule has 29 heavy (non-hydrogen) atoms. The SMILES string of the molecule is COc1cccc(CNC(=O)NC2CCN(Cc3ccc4c(c3)OCO4)CC2)c1. The van der Waals surface area contributed by atoms with Crippen molar-refractivity contribution >= 4 is 6.03 Å². The van der Waals surface area contributed by atoms with E-state index in [4.69, 9.17) is 14.2 Å². The summed E-state index contributed by atoms with van der Waals surface area (Å²) in [6, 6.07) is 13.9. The molecule has 4 rings (SSSR count). The van der Waals surface area contributed by atoms with E-state index in [1.165, 1.54) is 5.56 Å². The lowest BCUT2D eigenvalue weighted by Gasteiger charge is -2.32. The smallest absolute Gasteiger partial charge is 0.315 e. The number of likely N-dealkylation sites (tertiary alicyclic amines) is 1. The van der Waals surface area contributed by atoms with Crippen LogP contribution in [0.2, 0.25) is 0 Å². The number of amides is 2. The number of fused-ring (bicyclic) bond motifs is 1. The molecule has 0 radical (unpaired) electrons. The number of rotatable bonds is 6. The van der Waals surface area contributed by atoms with E-state index in [0.29, 0.717) is 13.3 Å². The van der Waals surface area contributed by atoms with Crippen molar-refractivity contribution < 1.29 is 19.0 Å². The summed E-state index contributed by atoms with van der Waals surface area (Å²) in [5.41, 5.74) is 2.23. The van der Waals surface area contributed by atoms with Crippen molar-refractivity contribution in [2.75, 3.05) is 27.0 Å². The molecule has 0 atom stereocenters. The number of methoxy groups -OCH3 is 1. The first-order chi connectivity index (χ1) is 14.2. The molecule has 7 heteroatoms. The monoisotopic (exact) mass is 397 g/mol. The summed E-state index contributed by atoms with van der Waals surface area (Å²) < 4.78 is 16.0. The number of hydrogen-bond donors (Lipinski definition) is 2. The van der Waals surface area contributed by atoms with Crippen LogP contribution in [0.3, 0.4) is 0 Å². The lowest BCUT2D eigenvalue weighted by atomic mass is 10.0. The maximum Gasteiger partial charge on any atom is 0.315 e. The molecule has 0 bridgehead atoms. The predicted molar refractivity (Wildman–Crippen MR) is 109 cm³/mol. The molecular formula is C22H27N3O4. The Morgan fingerprint density at radius 1 is 1.10 bits per heavy atom. The van der Waals surface area contributed by atoms with Crippen LogP contribution in [0.25, 0.3) is 0 Å². The Kier molecular flexibility index (Phi) is 6.05. The molecule has 0 aromatic heterocycles. The summed E-state index contributed by atoms with van der Waals surface area (Å²) in [4.78, 5) is 14.6. The van der Waals surface area contributed by atoms with E-state index in [9.17, 15) is 4.79 Å². The van der Waals surface area contributed by atoms with Crippen LogP contribution in [0.5, 0.6) is 17.2 Å². The zero-order valence-corrected chi connectivity index (χ0v) is 16.6. The zero-order chi connectivity index (χ0) is 20.1. The fourth-order valence-corrected chi connectivity index (χ4v) is 3.73. The lowest BCUT2D eigenvalue weighted by Crippen LogP contribution is -2.47. The Hall–Kier alpha value is -2.93. The van der Waals surface area contributed by atoms with Gasteiger partial charge in [0.1, 0.15) is 5.75 Å². The van der Waals surface area contributed by atoms with E-state index in [2.05, 4.69) is 27.7 Å². The Morgan fingerprint density at radius 2 is 1.93 bits per heavy atom. The van der Waals surface area contributed by atoms with Crippen LogP contribution in [0.4, 0.5) is 4.79 Å². The standard InChI is InChI=1S/C22H27N3O4/c1-27-19-4-2-3-16(11-19)13-23-22(26)24-18-7-9-25(10-8-18)14-17-5-6-20-21(12-17)29-15-28-20/h2-6,11-12,18H,7-10,13-15H2,1H3,(H2,23,24,26). The van der Waals surface area contributed by atoms with Gasteiger partial charge in [0.2, 0.25) is 6.79 Å². The quantitative estimate of drug-likeness (QED) is 0.784. The Labute approximate surface area is 170 Å². The van der Waals surface area contributed by atoms with Crippen molar-refractivity contribution in [2.24, 2.45) is 0 Å². The molecule has 2 N–H and O–H groups in total. The number of carbonyl (C=O) groups is 1. The molecular weight excluding hydrogens is 370 g/mol. The minimum Gasteiger partial charge on any atom is -0.497 e. The van der Waals surface area contributed by atoms with E-state index < -0.39 is 0 Å². The summed E-state index contributed by atoms with van der Waals surface area (Å²) in [7, 11) is 1.64. The van der Waals surface area contributed by atoms with Crippen molar-refractivity contribution in [3.63, 3.8) is 0 Å². The van der Waals surface area contributed by atoms with Crippen molar-refractivity contribution in [1.29, 1.82) is 0 Å². The van der Waals surface area contributed by atoms with Crippen LogP contribution in [-0.4, -0.2) is 44.0 Å². The molecule has 0 saturated carbocycles. The van der Waals surface area contributed by atoms with Crippen molar-refractivity contribution in [3.8, 4) is 17.2 Å². The van der Waals surface area contributed by atoms with Gasteiger partial charge in [-0.3, -0.25) is 4.90 Å². The molecule has 0 spiro atoms. The molecule has 7 nitrogen and oxygen atoms in total. The topological polar surface area (TPSA) is 72.1 Å². The van der Waals surface area contributed by atoms with Crippen LogP contribution >= 0.6 is 0 Å². The molecule has 2 amide bonds. The lowest BCUT2D eigenvalue weighted by molar-refractivity contribution is 0.173. The molecule has 0 unspecified atom stereocenters. The highest BCUT2D eigenvalue weighted by Crippen LogP contribution is 2.33. The maximum absolute atomic E-state index is 12.2. The highest BCUT2D eigenvalue weighted by Gasteiger charge is 2.21. The first-order valence-electron chi connectivity index (χ1n) is 9.98. The molecule has 2 heterocycles. The molecule has 2 aliphatic heterocycles. The van der Waals surface area contributed by atoms with Gasteiger partial charge in [0.05, 0.1) is 7.11 Å². The van der Waals surface area contributed by atoms with E-state index >= 15 is 0 Å². The molecule has 0 aliphatic carbocycles. The van der Waals surface area contributed by atoms with E-state index in [1.54, 1.807) is 7.11 Å². The fraction of sp³-hybridized carbons (Fsp3) is 0.409. The summed E-state index contributed by atoms with van der Waals surface area (Å²) in [6.45, 7) is 3.57. The number of hydrogen-bond acceptors (Lipinski definition) is 5. The number of nitrogens with zero attached hydrogens (tertiary/aromatic N) is 1. The third kappa shape index (κ3) is 5.12. The van der Waals surface area contributed by atoms with Crippen LogP contribution in [-0.2, 0) is 13.1 Å². The van der Waals surface area contributed by atoms with Gasteiger partial charge < -0.3 is 24.8 Å². The Bertz CT molecular complexity index is 850. The second-order valence-corrected chi connectivity index (χ2v) is 7.42. The van der Waals surface area contributed by atoms with Crippen LogP contribution in [0.15, 0.2) is 42.5 Å². The Balaban J connectivity index is 1.19. The third-order valence-corrected chi connectivity index (χ3v) is 5.35. The zero-order valence-electron chi connectivity index (χ0n) is 16.6. The summed E-state index contributed by atoms with van der Waals surface area (Å²) in [6.07, 6.45) is 1.88. The number of piperidine rings is 1. The van der Waals surface area contributed by atoms with Gasteiger partial charge in [-0.05, 0) is 48.2 Å². The molecule has 2 aromatic rings. The van der Waals surface area contributed by atoms with Crippen LogP contribution in [0, 0.1) is 0 Å². The second kappa shape index (κ2) is 9.05. The molecule has 154 valence electrons. The van der Waals surface area contributed by atoms with Crippen LogP contribution in [0.1, 0.15) is 24.0 Å². The van der Waals surface area contributed by atoms with E-state index in [1.807, 2.05) is 30.3 Å². The average molecular weight is 397 g/mol. The van der Waals surface area contributed by atoms with Gasteiger partial charge in [-0.2, -0.15) is 0 Å². The average Bonchev–Trinajstić information content (AvgIpc) is 3.22. The number of nitrogens with one attached hydrogen (secondary N) is 2. The minimum atomic E-state index is -0.123. The van der Waals surface area contributed by atoms with E-state index in [-0.39, 0.29) is 12.1 Å².